The van der Waals surface area contributed by atoms with Crippen LogP contribution in [0.2, 0.25) is 0 Å². The third-order valence-electron chi connectivity index (χ3n) is 1.58. The van der Waals surface area contributed by atoms with Crippen molar-refractivity contribution < 1.29 is 15.4 Å². The average molecular weight is 217 g/mol. The Bertz CT molecular complexity index is 408. The number of rotatable bonds is 1. The quantitative estimate of drug-likeness (QED) is 0.759. The van der Waals surface area contributed by atoms with E-state index >= 15 is 0 Å². The summed E-state index contributed by atoms with van der Waals surface area (Å²) in [5.74, 6) is -1.00. The molecule has 5 nitrogen and oxygen atoms in total. The lowest BCUT2D eigenvalue weighted by Crippen LogP contribution is -1.94. The predicted molar refractivity (Wildman–Crippen MR) is 53.0 cm³/mol. The normalized spacial score (nSPS) is 8.86. The highest BCUT2D eigenvalue weighted by Crippen LogP contribution is 2.03. The second kappa shape index (κ2) is 4.59. The van der Waals surface area contributed by atoms with Crippen molar-refractivity contribution in [3.8, 4) is 0 Å². The summed E-state index contributed by atoms with van der Waals surface area (Å²) < 4.78 is 1.67. The van der Waals surface area contributed by atoms with Crippen LogP contribution < -0.4 is 0 Å². The van der Waals surface area contributed by atoms with Crippen LogP contribution in [0.25, 0.3) is 5.65 Å². The number of carboxylic acid groups (broad SMARTS) is 1. The van der Waals surface area contributed by atoms with E-state index in [9.17, 15) is 4.79 Å². The zero-order valence-electron chi connectivity index (χ0n) is 7.04. The molecular weight excluding hydrogens is 208 g/mol. The molecule has 0 spiro atoms. The topological polar surface area (TPSA) is 86.1 Å². The van der Waals surface area contributed by atoms with Crippen LogP contribution in [0.15, 0.2) is 30.6 Å². The van der Waals surface area contributed by atoms with Gasteiger partial charge in [0.05, 0.1) is 0 Å². The monoisotopic (exact) mass is 216 g/mol. The van der Waals surface area contributed by atoms with Gasteiger partial charge in [0.1, 0.15) is 5.65 Å². The number of halogens is 1. The standard InChI is InChI=1S/C8H6N2O2.ClH.H2O/c11-8(12)6-5-10-4-2-1-3-7(10)9-6;;/h1-5H,(H,11,12);1H;1H2. The maximum Gasteiger partial charge on any atom is 0.356 e. The van der Waals surface area contributed by atoms with E-state index in [0.717, 1.165) is 0 Å². The van der Waals surface area contributed by atoms with Gasteiger partial charge in [-0.25, -0.2) is 9.78 Å². The minimum absolute atomic E-state index is 0. The minimum Gasteiger partial charge on any atom is -0.476 e. The number of fused-ring (bicyclic) bond motifs is 1. The summed E-state index contributed by atoms with van der Waals surface area (Å²) in [6.45, 7) is 0. The van der Waals surface area contributed by atoms with Crippen LogP contribution in [0.4, 0.5) is 0 Å². The summed E-state index contributed by atoms with van der Waals surface area (Å²) in [5.41, 5.74) is 0.719. The summed E-state index contributed by atoms with van der Waals surface area (Å²) in [5, 5.41) is 8.61. The van der Waals surface area contributed by atoms with Gasteiger partial charge in [0, 0.05) is 12.4 Å². The van der Waals surface area contributed by atoms with Crippen LogP contribution in [-0.2, 0) is 0 Å². The van der Waals surface area contributed by atoms with E-state index in [2.05, 4.69) is 4.98 Å². The second-order valence-electron chi connectivity index (χ2n) is 2.40. The number of aromatic carboxylic acids is 1. The highest BCUT2D eigenvalue weighted by molar-refractivity contribution is 5.86. The Hall–Kier alpha value is -1.59. The predicted octanol–water partition coefficient (Wildman–Crippen LogP) is 0.630. The van der Waals surface area contributed by atoms with Crippen molar-refractivity contribution in [1.82, 2.24) is 9.38 Å². The minimum atomic E-state index is -1.00. The van der Waals surface area contributed by atoms with Gasteiger partial charge in [0.2, 0.25) is 0 Å². The molecule has 6 heteroatoms. The maximum absolute atomic E-state index is 10.5. The zero-order valence-corrected chi connectivity index (χ0v) is 7.86. The van der Waals surface area contributed by atoms with E-state index in [4.69, 9.17) is 5.11 Å². The van der Waals surface area contributed by atoms with Gasteiger partial charge in [0.15, 0.2) is 5.69 Å². The second-order valence-corrected chi connectivity index (χ2v) is 2.40. The number of carboxylic acids is 1. The molecule has 0 atom stereocenters. The van der Waals surface area contributed by atoms with Crippen LogP contribution >= 0.6 is 12.4 Å². The Morgan fingerprint density at radius 1 is 1.43 bits per heavy atom. The first-order valence-corrected chi connectivity index (χ1v) is 3.44. The van der Waals surface area contributed by atoms with Crippen LogP contribution in [-0.4, -0.2) is 25.9 Å². The van der Waals surface area contributed by atoms with Gasteiger partial charge in [-0.05, 0) is 12.1 Å². The molecule has 0 saturated heterocycles. The van der Waals surface area contributed by atoms with Gasteiger partial charge in [-0.15, -0.1) is 12.4 Å². The van der Waals surface area contributed by atoms with Gasteiger partial charge in [-0.2, -0.15) is 0 Å². The fraction of sp³-hybridized carbons (Fsp3) is 0. The number of carbonyl (C=O) groups is 1. The Morgan fingerprint density at radius 3 is 2.71 bits per heavy atom. The van der Waals surface area contributed by atoms with Crippen molar-refractivity contribution >= 4 is 24.0 Å². The zero-order chi connectivity index (χ0) is 8.55. The Balaban J connectivity index is 0.000000845. The molecule has 0 aliphatic rings. The Morgan fingerprint density at radius 2 is 2.14 bits per heavy atom. The molecule has 76 valence electrons. The van der Waals surface area contributed by atoms with Crippen LogP contribution in [0.5, 0.6) is 0 Å². The summed E-state index contributed by atoms with van der Waals surface area (Å²) in [4.78, 5) is 14.4. The molecule has 0 bridgehead atoms. The molecule has 2 heterocycles. The molecule has 0 unspecified atom stereocenters. The molecule has 0 amide bonds. The molecule has 2 rings (SSSR count). The third-order valence-corrected chi connectivity index (χ3v) is 1.58. The highest BCUT2D eigenvalue weighted by Gasteiger charge is 2.06. The van der Waals surface area contributed by atoms with E-state index < -0.39 is 5.97 Å². The van der Waals surface area contributed by atoms with Gasteiger partial charge in [-0.3, -0.25) is 0 Å². The molecule has 0 saturated carbocycles. The SMILES string of the molecule is Cl.O.O=C(O)c1cn2ccccc2n1. The molecule has 3 N–H and O–H groups in total. The first-order valence-electron chi connectivity index (χ1n) is 3.44. The molecule has 2 aromatic rings. The molecule has 2 aromatic heterocycles. The van der Waals surface area contributed by atoms with Crippen LogP contribution in [0.1, 0.15) is 10.5 Å². The van der Waals surface area contributed by atoms with Gasteiger partial charge in [-0.1, -0.05) is 6.07 Å². The number of aromatic nitrogens is 2. The number of hydrogen-bond donors (Lipinski definition) is 1. The fourth-order valence-electron chi connectivity index (χ4n) is 1.04. The van der Waals surface area contributed by atoms with E-state index in [0.29, 0.717) is 5.65 Å². The first kappa shape index (κ1) is 12.4. The average Bonchev–Trinajstić information content (AvgIpc) is 2.46. The Labute approximate surface area is 85.7 Å². The van der Waals surface area contributed by atoms with Gasteiger partial charge < -0.3 is 15.0 Å². The fourth-order valence-corrected chi connectivity index (χ4v) is 1.04. The highest BCUT2D eigenvalue weighted by atomic mass is 35.5. The lowest BCUT2D eigenvalue weighted by atomic mass is 10.5. The molecule has 0 aromatic carbocycles. The summed E-state index contributed by atoms with van der Waals surface area (Å²) in [6, 6.07) is 5.39. The molecule has 14 heavy (non-hydrogen) atoms. The largest absolute Gasteiger partial charge is 0.476 e. The van der Waals surface area contributed by atoms with E-state index in [1.165, 1.54) is 6.20 Å². The summed E-state index contributed by atoms with van der Waals surface area (Å²) in [7, 11) is 0. The smallest absolute Gasteiger partial charge is 0.356 e. The van der Waals surface area contributed by atoms with E-state index in [1.54, 1.807) is 16.7 Å². The van der Waals surface area contributed by atoms with Crippen molar-refractivity contribution in [3.63, 3.8) is 0 Å². The molecule has 0 fully saturated rings. The van der Waals surface area contributed by atoms with Crippen LogP contribution in [0.3, 0.4) is 0 Å². The van der Waals surface area contributed by atoms with E-state index in [1.807, 2.05) is 12.1 Å². The number of imidazole rings is 1. The Kier molecular flexibility index (Phi) is 4.07. The third kappa shape index (κ3) is 2.01. The van der Waals surface area contributed by atoms with E-state index in [-0.39, 0.29) is 23.6 Å². The molecular formula is C8H9ClN2O3. The van der Waals surface area contributed by atoms with Gasteiger partial charge in [0.25, 0.3) is 0 Å². The van der Waals surface area contributed by atoms with Gasteiger partial charge >= 0.3 is 5.97 Å². The summed E-state index contributed by atoms with van der Waals surface area (Å²) in [6.07, 6.45) is 3.24. The van der Waals surface area contributed by atoms with Crippen molar-refractivity contribution in [1.29, 1.82) is 0 Å². The van der Waals surface area contributed by atoms with Crippen LogP contribution in [0, 0.1) is 0 Å². The number of nitrogens with zero attached hydrogens (tertiary/aromatic N) is 2. The van der Waals surface area contributed by atoms with Crippen molar-refractivity contribution in [2.75, 3.05) is 0 Å². The summed E-state index contributed by atoms with van der Waals surface area (Å²) >= 11 is 0. The molecule has 0 aliphatic heterocycles. The van der Waals surface area contributed by atoms with Crippen molar-refractivity contribution in [3.05, 3.63) is 36.3 Å². The molecule has 0 radical (unpaired) electrons. The van der Waals surface area contributed by atoms with Crippen molar-refractivity contribution in [2.24, 2.45) is 0 Å². The first-order chi connectivity index (χ1) is 5.77. The molecule has 0 aliphatic carbocycles. The van der Waals surface area contributed by atoms with Crippen molar-refractivity contribution in [2.45, 2.75) is 0 Å². The lowest BCUT2D eigenvalue weighted by molar-refractivity contribution is 0.0691. The number of hydrogen-bond acceptors (Lipinski definition) is 2. The maximum atomic E-state index is 10.5. The lowest BCUT2D eigenvalue weighted by Gasteiger charge is -1.86. The number of pyridine rings is 1.